The Labute approximate surface area is 181 Å². The van der Waals surface area contributed by atoms with Gasteiger partial charge in [0.15, 0.2) is 5.58 Å². The van der Waals surface area contributed by atoms with Crippen molar-refractivity contribution in [1.82, 2.24) is 4.98 Å². The fourth-order valence-corrected chi connectivity index (χ4v) is 3.17. The van der Waals surface area contributed by atoms with E-state index in [4.69, 9.17) is 18.7 Å². The van der Waals surface area contributed by atoms with Crippen molar-refractivity contribution in [1.29, 1.82) is 0 Å². The van der Waals surface area contributed by atoms with E-state index in [9.17, 15) is 4.79 Å². The number of likely N-dealkylation sites (N-methyl/N-ethyl adjacent to an activating group) is 1. The van der Waals surface area contributed by atoms with Crippen LogP contribution in [-0.2, 0) is 20.8 Å². The Bertz CT molecular complexity index is 1010. The monoisotopic (exact) mass is 425 g/mol. The number of anilines is 1. The largest absolute Gasteiger partial charge is 0.492 e. The average molecular weight is 425 g/mol. The van der Waals surface area contributed by atoms with Gasteiger partial charge in [-0.1, -0.05) is 29.4 Å². The van der Waals surface area contributed by atoms with Gasteiger partial charge in [0.1, 0.15) is 30.9 Å². The lowest BCUT2D eigenvalue weighted by Gasteiger charge is -2.16. The van der Waals surface area contributed by atoms with Gasteiger partial charge in [-0.05, 0) is 43.2 Å². The number of carbonyl (C=O) groups excluding carboxylic acids is 1. The van der Waals surface area contributed by atoms with Crippen LogP contribution in [0.1, 0.15) is 12.5 Å². The van der Waals surface area contributed by atoms with Crippen LogP contribution in [0.15, 0.2) is 58.1 Å². The minimum Gasteiger partial charge on any atom is -0.492 e. The summed E-state index contributed by atoms with van der Waals surface area (Å²) in [4.78, 5) is 23.3. The van der Waals surface area contributed by atoms with Crippen molar-refractivity contribution < 1.29 is 23.5 Å². The van der Waals surface area contributed by atoms with E-state index in [0.29, 0.717) is 37.0 Å². The van der Waals surface area contributed by atoms with Crippen molar-refractivity contribution in [2.24, 2.45) is 11.1 Å². The normalized spacial score (nSPS) is 12.5. The Morgan fingerprint density at radius 2 is 2.00 bits per heavy atom. The molecule has 2 aromatic carbocycles. The van der Waals surface area contributed by atoms with Crippen LogP contribution in [0, 0.1) is 5.92 Å². The number of fused-ring (bicyclic) bond motifs is 1. The summed E-state index contributed by atoms with van der Waals surface area (Å²) in [5.74, 6) is -0.163. The van der Waals surface area contributed by atoms with Crippen LogP contribution in [0.5, 0.6) is 5.75 Å². The van der Waals surface area contributed by atoms with Crippen LogP contribution in [0.25, 0.3) is 11.1 Å². The maximum Gasteiger partial charge on any atom is 0.314 e. The summed E-state index contributed by atoms with van der Waals surface area (Å²) in [7, 11) is 4.72. The second kappa shape index (κ2) is 10.5. The van der Waals surface area contributed by atoms with E-state index >= 15 is 0 Å². The summed E-state index contributed by atoms with van der Waals surface area (Å²) in [6.45, 7) is 2.79. The summed E-state index contributed by atoms with van der Waals surface area (Å²) in [5, 5.41) is 3.89. The molecule has 0 fully saturated rings. The van der Waals surface area contributed by atoms with Gasteiger partial charge in [0.25, 0.3) is 6.01 Å². The highest BCUT2D eigenvalue weighted by Crippen LogP contribution is 2.21. The lowest BCUT2D eigenvalue weighted by atomic mass is 9.95. The number of oxime groups is 1. The molecule has 0 aliphatic carbocycles. The number of carbonyl (C=O) groups is 1. The molecule has 0 N–H and O–H groups in total. The average Bonchev–Trinajstić information content (AvgIpc) is 3.22. The Morgan fingerprint density at radius 1 is 1.19 bits per heavy atom. The van der Waals surface area contributed by atoms with Gasteiger partial charge in [0.05, 0.1) is 19.4 Å². The van der Waals surface area contributed by atoms with Gasteiger partial charge in [-0.3, -0.25) is 4.79 Å². The minimum atomic E-state index is -0.523. The highest BCUT2D eigenvalue weighted by molar-refractivity contribution is 6.00. The SMILES string of the molecule is CO/N=C(\C)C(Cc1cccc(OCCN(C)c2nc3ccccc3o2)c1)C(=O)OC. The van der Waals surface area contributed by atoms with Crippen LogP contribution >= 0.6 is 0 Å². The molecule has 0 spiro atoms. The summed E-state index contributed by atoms with van der Waals surface area (Å²) < 4.78 is 16.6. The maximum atomic E-state index is 12.2. The molecule has 3 aromatic rings. The van der Waals surface area contributed by atoms with Crippen LogP contribution < -0.4 is 9.64 Å². The predicted molar refractivity (Wildman–Crippen MR) is 119 cm³/mol. The standard InChI is InChI=1S/C23H27N3O5/c1-16(25-29-4)19(22(27)28-3)15-17-8-7-9-18(14-17)30-13-12-26(2)23-24-20-10-5-6-11-21(20)31-23/h5-11,14,19H,12-13,15H2,1-4H3/b25-16+. The summed E-state index contributed by atoms with van der Waals surface area (Å²) >= 11 is 0. The second-order valence-electron chi connectivity index (χ2n) is 7.08. The van der Waals surface area contributed by atoms with Crippen LogP contribution in [0.4, 0.5) is 6.01 Å². The van der Waals surface area contributed by atoms with Gasteiger partial charge >= 0.3 is 5.97 Å². The number of rotatable bonds is 10. The van der Waals surface area contributed by atoms with E-state index < -0.39 is 5.92 Å². The van der Waals surface area contributed by atoms with E-state index in [1.54, 1.807) is 6.92 Å². The van der Waals surface area contributed by atoms with Crippen LogP contribution in [-0.4, -0.2) is 51.1 Å². The third-order valence-corrected chi connectivity index (χ3v) is 4.87. The Balaban J connectivity index is 1.59. The second-order valence-corrected chi connectivity index (χ2v) is 7.08. The first kappa shape index (κ1) is 22.1. The molecule has 0 bridgehead atoms. The molecule has 31 heavy (non-hydrogen) atoms. The molecular weight excluding hydrogens is 398 g/mol. The number of hydrogen-bond acceptors (Lipinski definition) is 8. The Kier molecular flexibility index (Phi) is 7.48. The molecule has 8 nitrogen and oxygen atoms in total. The topological polar surface area (TPSA) is 86.4 Å². The number of benzene rings is 2. The van der Waals surface area contributed by atoms with Gasteiger partial charge in [-0.2, -0.15) is 4.98 Å². The lowest BCUT2D eigenvalue weighted by Crippen LogP contribution is -2.26. The molecule has 1 heterocycles. The number of oxazole rings is 1. The van der Waals surface area contributed by atoms with Gasteiger partial charge in [-0.25, -0.2) is 0 Å². The number of nitrogens with zero attached hydrogens (tertiary/aromatic N) is 3. The van der Waals surface area contributed by atoms with Crippen LogP contribution in [0.3, 0.4) is 0 Å². The molecule has 1 atom stereocenters. The van der Waals surface area contributed by atoms with E-state index in [2.05, 4.69) is 10.1 Å². The van der Waals surface area contributed by atoms with Crippen molar-refractivity contribution in [2.75, 3.05) is 39.3 Å². The first-order valence-electron chi connectivity index (χ1n) is 9.95. The summed E-state index contributed by atoms with van der Waals surface area (Å²) in [6, 6.07) is 15.8. The molecule has 0 aliphatic heterocycles. The van der Waals surface area contributed by atoms with E-state index in [1.807, 2.05) is 60.5 Å². The molecule has 164 valence electrons. The molecular formula is C23H27N3O5. The number of hydrogen-bond donors (Lipinski definition) is 0. The minimum absolute atomic E-state index is 0.357. The highest BCUT2D eigenvalue weighted by Gasteiger charge is 2.24. The maximum absolute atomic E-state index is 12.2. The zero-order valence-corrected chi connectivity index (χ0v) is 18.2. The number of aromatic nitrogens is 1. The molecule has 0 saturated carbocycles. The summed E-state index contributed by atoms with van der Waals surface area (Å²) in [6.07, 6.45) is 0.436. The number of esters is 1. The highest BCUT2D eigenvalue weighted by atomic mass is 16.6. The number of methoxy groups -OCH3 is 1. The molecule has 0 aliphatic rings. The van der Waals surface area contributed by atoms with Crippen molar-refractivity contribution in [2.45, 2.75) is 13.3 Å². The fourth-order valence-electron chi connectivity index (χ4n) is 3.17. The molecule has 0 saturated heterocycles. The van der Waals surface area contributed by atoms with E-state index in [-0.39, 0.29) is 5.97 Å². The van der Waals surface area contributed by atoms with E-state index in [1.165, 1.54) is 14.2 Å². The zero-order chi connectivity index (χ0) is 22.2. The van der Waals surface area contributed by atoms with Gasteiger partial charge in [0, 0.05) is 7.05 Å². The predicted octanol–water partition coefficient (Wildman–Crippen LogP) is 3.70. The first-order valence-corrected chi connectivity index (χ1v) is 9.95. The number of ether oxygens (including phenoxy) is 2. The Hall–Kier alpha value is -3.55. The van der Waals surface area contributed by atoms with Crippen molar-refractivity contribution >= 4 is 28.8 Å². The van der Waals surface area contributed by atoms with E-state index in [0.717, 1.165) is 16.7 Å². The van der Waals surface area contributed by atoms with Crippen LogP contribution in [0.2, 0.25) is 0 Å². The van der Waals surface area contributed by atoms with Gasteiger partial charge in [-0.15, -0.1) is 0 Å². The Morgan fingerprint density at radius 3 is 2.74 bits per heavy atom. The molecule has 1 aromatic heterocycles. The fraction of sp³-hybridized carbons (Fsp3) is 0.348. The summed E-state index contributed by atoms with van der Waals surface area (Å²) in [5.41, 5.74) is 3.07. The van der Waals surface area contributed by atoms with Crippen molar-refractivity contribution in [3.63, 3.8) is 0 Å². The molecule has 0 radical (unpaired) electrons. The molecule has 1 unspecified atom stereocenters. The molecule has 8 heteroatoms. The first-order chi connectivity index (χ1) is 15.0. The van der Waals surface area contributed by atoms with Crippen molar-refractivity contribution in [3.8, 4) is 5.75 Å². The zero-order valence-electron chi connectivity index (χ0n) is 18.2. The number of para-hydroxylation sites is 2. The lowest BCUT2D eigenvalue weighted by molar-refractivity contribution is -0.143. The quantitative estimate of drug-likeness (QED) is 0.278. The van der Waals surface area contributed by atoms with Gasteiger partial charge in [0.2, 0.25) is 0 Å². The third kappa shape index (κ3) is 5.75. The van der Waals surface area contributed by atoms with Gasteiger partial charge < -0.3 is 23.6 Å². The molecule has 3 rings (SSSR count). The smallest absolute Gasteiger partial charge is 0.314 e. The molecule has 0 amide bonds. The third-order valence-electron chi connectivity index (χ3n) is 4.87. The van der Waals surface area contributed by atoms with Crippen molar-refractivity contribution in [3.05, 3.63) is 54.1 Å².